The number of carbonyl (C=O) groups is 1. The lowest BCUT2D eigenvalue weighted by Crippen LogP contribution is -2.16. The minimum Gasteiger partial charge on any atom is -0.386 e. The molecule has 4 rings (SSSR count). The highest BCUT2D eigenvalue weighted by Crippen LogP contribution is 2.25. The topological polar surface area (TPSA) is 50.2 Å². The molecule has 0 spiro atoms. The second-order valence-corrected chi connectivity index (χ2v) is 8.81. The number of aromatic nitrogens is 1. The number of rotatable bonds is 6. The lowest BCUT2D eigenvalue weighted by Gasteiger charge is -2.20. The summed E-state index contributed by atoms with van der Waals surface area (Å²) in [7, 11) is 0. The summed E-state index contributed by atoms with van der Waals surface area (Å²) in [5, 5.41) is 12.1. The molecule has 0 fully saturated rings. The fraction of sp³-hybridized carbons (Fsp3) is 0.103. The molecule has 0 aliphatic carbocycles. The molecule has 0 amide bonds. The number of allylic oxidation sites excluding steroid dienone is 1. The lowest BCUT2D eigenvalue weighted by atomic mass is 9.93. The van der Waals surface area contributed by atoms with Crippen molar-refractivity contribution in [2.24, 2.45) is 0 Å². The molecule has 1 N–H and O–H groups in total. The third-order valence-electron chi connectivity index (χ3n) is 5.33. The minimum atomic E-state index is -0.989. The Labute approximate surface area is 198 Å². The first-order valence-electron chi connectivity index (χ1n) is 10.7. The number of hydrogen-bond acceptors (Lipinski definition) is 3. The predicted molar refractivity (Wildman–Crippen MR) is 137 cm³/mol. The summed E-state index contributed by atoms with van der Waals surface area (Å²) in [6.45, 7) is 3.46. The van der Waals surface area contributed by atoms with Gasteiger partial charge in [0.15, 0.2) is 5.78 Å². The lowest BCUT2D eigenvalue weighted by molar-refractivity contribution is 0.0783. The number of carbonyl (C=O) groups excluding carboxylic acids is 1. The van der Waals surface area contributed by atoms with Gasteiger partial charge in [-0.05, 0) is 67.0 Å². The van der Waals surface area contributed by atoms with E-state index in [-0.39, 0.29) is 5.78 Å². The van der Waals surface area contributed by atoms with Crippen LogP contribution in [-0.2, 0) is 5.60 Å². The zero-order valence-corrected chi connectivity index (χ0v) is 19.3. The van der Waals surface area contributed by atoms with E-state index in [4.69, 9.17) is 11.6 Å². The van der Waals surface area contributed by atoms with Crippen molar-refractivity contribution < 1.29 is 9.90 Å². The van der Waals surface area contributed by atoms with Crippen LogP contribution in [0.25, 0.3) is 29.1 Å². The van der Waals surface area contributed by atoms with Crippen molar-refractivity contribution in [2.45, 2.75) is 19.4 Å². The Kier molecular flexibility index (Phi) is 6.55. The summed E-state index contributed by atoms with van der Waals surface area (Å²) < 4.78 is 0. The number of fused-ring (bicyclic) bond motifs is 1. The van der Waals surface area contributed by atoms with Gasteiger partial charge in [-0.3, -0.25) is 4.79 Å². The summed E-state index contributed by atoms with van der Waals surface area (Å²) in [4.78, 5) is 17.4. The molecule has 4 aromatic rings. The highest BCUT2D eigenvalue weighted by molar-refractivity contribution is 6.31. The molecule has 0 unspecified atom stereocenters. The van der Waals surface area contributed by atoms with Crippen LogP contribution in [0.2, 0.25) is 5.02 Å². The van der Waals surface area contributed by atoms with Crippen LogP contribution < -0.4 is 0 Å². The molecule has 1 heterocycles. The Hall–Kier alpha value is -3.53. The average Bonchev–Trinajstić information content (AvgIpc) is 2.80. The molecular formula is C29H24ClNO2. The molecule has 0 saturated heterocycles. The van der Waals surface area contributed by atoms with Gasteiger partial charge in [-0.1, -0.05) is 78.4 Å². The van der Waals surface area contributed by atoms with Gasteiger partial charge >= 0.3 is 0 Å². The normalized spacial score (nSPS) is 12.1. The SMILES string of the molecule is CC(C)(O)c1ccccc1/C=C/C(=O)c1cccc(/C=C/c2ccc3ccc(Cl)cc3n2)c1. The third-order valence-corrected chi connectivity index (χ3v) is 5.56. The molecule has 4 heteroatoms. The van der Waals surface area contributed by atoms with E-state index in [0.717, 1.165) is 33.3 Å². The predicted octanol–water partition coefficient (Wildman–Crippen LogP) is 7.18. The van der Waals surface area contributed by atoms with Crippen molar-refractivity contribution >= 4 is 46.5 Å². The van der Waals surface area contributed by atoms with Crippen LogP contribution in [-0.4, -0.2) is 15.9 Å². The van der Waals surface area contributed by atoms with Gasteiger partial charge in [0.25, 0.3) is 0 Å². The van der Waals surface area contributed by atoms with E-state index in [0.29, 0.717) is 10.6 Å². The van der Waals surface area contributed by atoms with E-state index in [2.05, 4.69) is 4.98 Å². The van der Waals surface area contributed by atoms with Gasteiger partial charge in [0.2, 0.25) is 0 Å². The smallest absolute Gasteiger partial charge is 0.185 e. The number of benzene rings is 3. The largest absolute Gasteiger partial charge is 0.386 e. The molecule has 164 valence electrons. The summed E-state index contributed by atoms with van der Waals surface area (Å²) in [6, 6.07) is 24.6. The molecule has 3 aromatic carbocycles. The Morgan fingerprint density at radius 2 is 1.70 bits per heavy atom. The Bertz CT molecular complexity index is 1380. The number of nitrogens with zero attached hydrogens (tertiary/aromatic N) is 1. The van der Waals surface area contributed by atoms with Gasteiger partial charge in [0.1, 0.15) is 0 Å². The third kappa shape index (κ3) is 5.64. The van der Waals surface area contributed by atoms with E-state index in [1.54, 1.807) is 32.1 Å². The first-order valence-corrected chi connectivity index (χ1v) is 11.1. The average molecular weight is 454 g/mol. The van der Waals surface area contributed by atoms with Gasteiger partial charge in [0, 0.05) is 16.0 Å². The summed E-state index contributed by atoms with van der Waals surface area (Å²) in [5.74, 6) is -0.103. The zero-order chi connectivity index (χ0) is 23.4. The quantitative estimate of drug-likeness (QED) is 0.248. The van der Waals surface area contributed by atoms with Gasteiger partial charge in [-0.2, -0.15) is 0 Å². The molecule has 33 heavy (non-hydrogen) atoms. The van der Waals surface area contributed by atoms with Crippen LogP contribution in [0.1, 0.15) is 46.6 Å². The Balaban J connectivity index is 1.53. The van der Waals surface area contributed by atoms with Crippen LogP contribution in [0.15, 0.2) is 84.9 Å². The van der Waals surface area contributed by atoms with E-state index >= 15 is 0 Å². The van der Waals surface area contributed by atoms with Crippen molar-refractivity contribution in [1.29, 1.82) is 0 Å². The van der Waals surface area contributed by atoms with Crippen molar-refractivity contribution in [2.75, 3.05) is 0 Å². The second kappa shape index (κ2) is 9.53. The number of hydrogen-bond donors (Lipinski definition) is 1. The number of ketones is 1. The van der Waals surface area contributed by atoms with E-state index in [9.17, 15) is 9.90 Å². The molecule has 0 bridgehead atoms. The van der Waals surface area contributed by atoms with Crippen LogP contribution >= 0.6 is 11.6 Å². The Morgan fingerprint density at radius 1 is 0.909 bits per heavy atom. The minimum absolute atomic E-state index is 0.103. The van der Waals surface area contributed by atoms with Crippen molar-refractivity contribution in [3.8, 4) is 0 Å². The molecule has 0 saturated carbocycles. The van der Waals surface area contributed by atoms with E-state index in [1.807, 2.05) is 84.9 Å². The molecule has 3 nitrogen and oxygen atoms in total. The molecule has 1 aromatic heterocycles. The monoisotopic (exact) mass is 453 g/mol. The first-order chi connectivity index (χ1) is 15.8. The Morgan fingerprint density at radius 3 is 2.52 bits per heavy atom. The maximum absolute atomic E-state index is 12.8. The summed E-state index contributed by atoms with van der Waals surface area (Å²) >= 11 is 6.08. The number of aliphatic hydroxyl groups is 1. The van der Waals surface area contributed by atoms with E-state index < -0.39 is 5.60 Å². The number of halogens is 1. The molecule has 0 aliphatic rings. The zero-order valence-electron chi connectivity index (χ0n) is 18.5. The highest BCUT2D eigenvalue weighted by Gasteiger charge is 2.18. The standard InChI is InChI=1S/C29H24ClNO2/c1-29(2,33)26-9-4-3-7-21(26)13-17-28(32)23-8-5-6-20(18-23)10-15-25-16-12-22-11-14-24(30)19-27(22)31-25/h3-19,33H,1-2H3/b15-10+,17-13+. The van der Waals surface area contributed by atoms with Crippen LogP contribution in [0.4, 0.5) is 0 Å². The van der Waals surface area contributed by atoms with E-state index in [1.165, 1.54) is 0 Å². The van der Waals surface area contributed by atoms with Crippen LogP contribution in [0.3, 0.4) is 0 Å². The van der Waals surface area contributed by atoms with Crippen molar-refractivity contribution in [1.82, 2.24) is 4.98 Å². The van der Waals surface area contributed by atoms with Crippen LogP contribution in [0.5, 0.6) is 0 Å². The van der Waals surface area contributed by atoms with Gasteiger partial charge in [-0.15, -0.1) is 0 Å². The van der Waals surface area contributed by atoms with Gasteiger partial charge in [-0.25, -0.2) is 4.98 Å². The number of pyridine rings is 1. The second-order valence-electron chi connectivity index (χ2n) is 8.38. The summed E-state index contributed by atoms with van der Waals surface area (Å²) in [5.41, 5.74) is 3.74. The highest BCUT2D eigenvalue weighted by atomic mass is 35.5. The molecule has 0 atom stereocenters. The fourth-order valence-electron chi connectivity index (χ4n) is 3.64. The molecule has 0 radical (unpaired) electrons. The summed E-state index contributed by atoms with van der Waals surface area (Å²) in [6.07, 6.45) is 7.15. The first kappa shape index (κ1) is 22.7. The maximum Gasteiger partial charge on any atom is 0.185 e. The van der Waals surface area contributed by atoms with Gasteiger partial charge < -0.3 is 5.11 Å². The van der Waals surface area contributed by atoms with Crippen LogP contribution in [0, 0.1) is 0 Å². The molecular weight excluding hydrogens is 430 g/mol. The molecule has 0 aliphatic heterocycles. The van der Waals surface area contributed by atoms with Crippen molar-refractivity contribution in [3.63, 3.8) is 0 Å². The maximum atomic E-state index is 12.8. The fourth-order valence-corrected chi connectivity index (χ4v) is 3.80. The van der Waals surface area contributed by atoms with Gasteiger partial charge in [0.05, 0.1) is 16.8 Å². The van der Waals surface area contributed by atoms with Crippen molar-refractivity contribution in [3.05, 3.63) is 118 Å².